The maximum absolute atomic E-state index is 4.82. The predicted molar refractivity (Wildman–Crippen MR) is 73.5 cm³/mol. The van der Waals surface area contributed by atoms with Gasteiger partial charge in [-0.15, -0.1) is 0 Å². The maximum atomic E-state index is 4.82. The summed E-state index contributed by atoms with van der Waals surface area (Å²) >= 11 is 0. The Morgan fingerprint density at radius 1 is 0.944 bits per heavy atom. The van der Waals surface area contributed by atoms with Crippen molar-refractivity contribution in [3.05, 3.63) is 54.1 Å². The van der Waals surface area contributed by atoms with Crippen LogP contribution in [0.4, 0.5) is 0 Å². The van der Waals surface area contributed by atoms with Gasteiger partial charge in [-0.05, 0) is 24.5 Å². The summed E-state index contributed by atoms with van der Waals surface area (Å²) < 4.78 is 2.38. The molecular formula is C16H14N2. The lowest BCUT2D eigenvalue weighted by Crippen LogP contribution is -2.08. The highest BCUT2D eigenvalue weighted by Crippen LogP contribution is 2.30. The monoisotopic (exact) mass is 234 g/mol. The van der Waals surface area contributed by atoms with E-state index in [-0.39, 0.29) is 0 Å². The molecule has 0 unspecified atom stereocenters. The minimum Gasteiger partial charge on any atom is -0.324 e. The molecular weight excluding hydrogens is 220 g/mol. The zero-order valence-corrected chi connectivity index (χ0v) is 10.1. The van der Waals surface area contributed by atoms with Crippen LogP contribution in [0.25, 0.3) is 22.4 Å². The second-order valence-corrected chi connectivity index (χ2v) is 4.84. The Labute approximate surface area is 106 Å². The first-order valence-electron chi connectivity index (χ1n) is 6.47. The predicted octanol–water partition coefficient (Wildman–Crippen LogP) is 3.65. The summed E-state index contributed by atoms with van der Waals surface area (Å²) in [6, 6.07) is 16.9. The molecule has 0 spiro atoms. The van der Waals surface area contributed by atoms with Gasteiger partial charge in [0, 0.05) is 12.1 Å². The topological polar surface area (TPSA) is 17.8 Å². The van der Waals surface area contributed by atoms with Crippen LogP contribution in [0, 0.1) is 0 Å². The largest absolute Gasteiger partial charge is 0.324 e. The van der Waals surface area contributed by atoms with E-state index in [1.54, 1.807) is 0 Å². The summed E-state index contributed by atoms with van der Waals surface area (Å²) in [5, 5.41) is 0. The van der Waals surface area contributed by atoms with Crippen molar-refractivity contribution in [1.29, 1.82) is 0 Å². The van der Waals surface area contributed by atoms with Crippen molar-refractivity contribution < 1.29 is 0 Å². The van der Waals surface area contributed by atoms with Crippen molar-refractivity contribution in [2.24, 2.45) is 0 Å². The lowest BCUT2D eigenvalue weighted by Gasteiger charge is -2.16. The molecule has 2 heterocycles. The molecule has 0 N–H and O–H groups in total. The van der Waals surface area contributed by atoms with E-state index in [1.165, 1.54) is 29.5 Å². The molecule has 4 rings (SSSR count). The van der Waals surface area contributed by atoms with E-state index in [4.69, 9.17) is 4.98 Å². The first-order chi connectivity index (χ1) is 8.93. The van der Waals surface area contributed by atoms with Crippen LogP contribution in [0.15, 0.2) is 48.5 Å². The molecule has 0 saturated carbocycles. The highest BCUT2D eigenvalue weighted by molar-refractivity contribution is 5.84. The maximum Gasteiger partial charge on any atom is 0.141 e. The Balaban J connectivity index is 2.06. The first-order valence-corrected chi connectivity index (χ1v) is 6.47. The number of hydrogen-bond acceptors (Lipinski definition) is 1. The Kier molecular flexibility index (Phi) is 2.04. The number of aryl methyl sites for hydroxylation is 2. The minimum absolute atomic E-state index is 1.08. The number of rotatable bonds is 1. The van der Waals surface area contributed by atoms with Gasteiger partial charge >= 0.3 is 0 Å². The fourth-order valence-electron chi connectivity index (χ4n) is 2.91. The third-order valence-electron chi connectivity index (χ3n) is 3.71. The van der Waals surface area contributed by atoms with Crippen molar-refractivity contribution >= 4 is 11.0 Å². The molecule has 2 nitrogen and oxygen atoms in total. The summed E-state index contributed by atoms with van der Waals surface area (Å²) in [5.41, 5.74) is 5.11. The van der Waals surface area contributed by atoms with Gasteiger partial charge < -0.3 is 4.57 Å². The van der Waals surface area contributed by atoms with Crippen LogP contribution in [-0.2, 0) is 13.0 Å². The fourth-order valence-corrected chi connectivity index (χ4v) is 2.91. The Hall–Kier alpha value is -2.09. The molecule has 0 atom stereocenters. The Morgan fingerprint density at radius 2 is 1.83 bits per heavy atom. The molecule has 0 amide bonds. The standard InChI is InChI=1S/C16H14N2/c1-2-6-13(7-3-1)16-17-14-10-4-8-12-9-5-11-18(16)15(12)14/h1-4,6-8,10H,5,9,11H2. The van der Waals surface area contributed by atoms with Crippen LogP contribution in [0.1, 0.15) is 12.0 Å². The summed E-state index contributed by atoms with van der Waals surface area (Å²) in [5.74, 6) is 1.11. The van der Waals surface area contributed by atoms with Gasteiger partial charge in [-0.2, -0.15) is 0 Å². The van der Waals surface area contributed by atoms with Crippen LogP contribution in [-0.4, -0.2) is 9.55 Å². The van der Waals surface area contributed by atoms with Gasteiger partial charge in [-0.25, -0.2) is 4.98 Å². The Bertz CT molecular complexity index is 711. The minimum atomic E-state index is 1.08. The molecule has 88 valence electrons. The van der Waals surface area contributed by atoms with Gasteiger partial charge in [0.2, 0.25) is 0 Å². The van der Waals surface area contributed by atoms with Gasteiger partial charge in [-0.3, -0.25) is 0 Å². The van der Waals surface area contributed by atoms with Gasteiger partial charge in [0.1, 0.15) is 5.82 Å². The van der Waals surface area contributed by atoms with Crippen molar-refractivity contribution in [2.75, 3.05) is 0 Å². The number of aromatic nitrogens is 2. The smallest absolute Gasteiger partial charge is 0.141 e. The van der Waals surface area contributed by atoms with Crippen molar-refractivity contribution in [3.8, 4) is 11.4 Å². The van der Waals surface area contributed by atoms with Crippen molar-refractivity contribution in [2.45, 2.75) is 19.4 Å². The third kappa shape index (κ3) is 1.32. The molecule has 18 heavy (non-hydrogen) atoms. The van der Waals surface area contributed by atoms with E-state index in [9.17, 15) is 0 Å². The van der Waals surface area contributed by atoms with Crippen LogP contribution < -0.4 is 0 Å². The highest BCUT2D eigenvalue weighted by Gasteiger charge is 2.18. The summed E-state index contributed by atoms with van der Waals surface area (Å²) in [6.45, 7) is 1.08. The van der Waals surface area contributed by atoms with E-state index < -0.39 is 0 Å². The van der Waals surface area contributed by atoms with Gasteiger partial charge in [0.05, 0.1) is 11.0 Å². The van der Waals surface area contributed by atoms with E-state index in [1.807, 2.05) is 6.07 Å². The highest BCUT2D eigenvalue weighted by atomic mass is 15.1. The van der Waals surface area contributed by atoms with Gasteiger partial charge in [0.15, 0.2) is 0 Å². The van der Waals surface area contributed by atoms with Crippen molar-refractivity contribution in [1.82, 2.24) is 9.55 Å². The number of para-hydroxylation sites is 1. The van der Waals surface area contributed by atoms with Gasteiger partial charge in [0.25, 0.3) is 0 Å². The molecule has 0 bridgehead atoms. The van der Waals surface area contributed by atoms with Crippen LogP contribution in [0.2, 0.25) is 0 Å². The van der Waals surface area contributed by atoms with E-state index >= 15 is 0 Å². The number of imidazole rings is 1. The second kappa shape index (κ2) is 3.70. The lowest BCUT2D eigenvalue weighted by molar-refractivity contribution is 0.637. The average molecular weight is 234 g/mol. The van der Waals surface area contributed by atoms with Gasteiger partial charge in [-0.1, -0.05) is 42.5 Å². The van der Waals surface area contributed by atoms with Crippen molar-refractivity contribution in [3.63, 3.8) is 0 Å². The molecule has 3 aromatic rings. The molecule has 0 radical (unpaired) electrons. The number of hydrogen-bond donors (Lipinski definition) is 0. The average Bonchev–Trinajstić information content (AvgIpc) is 2.82. The lowest BCUT2D eigenvalue weighted by atomic mass is 10.0. The number of nitrogens with zero attached hydrogens (tertiary/aromatic N) is 2. The molecule has 1 aliphatic rings. The molecule has 0 fully saturated rings. The fraction of sp³-hybridized carbons (Fsp3) is 0.188. The number of benzene rings is 2. The third-order valence-corrected chi connectivity index (χ3v) is 3.71. The summed E-state index contributed by atoms with van der Waals surface area (Å²) in [6.07, 6.45) is 2.39. The molecule has 1 aliphatic heterocycles. The molecule has 0 aliphatic carbocycles. The molecule has 1 aromatic heterocycles. The van der Waals surface area contributed by atoms with E-state index in [2.05, 4.69) is 47.0 Å². The molecule has 0 saturated heterocycles. The SMILES string of the molecule is c1ccc(-c2nc3cccc4c3n2CCC4)cc1. The van der Waals surface area contributed by atoms with Crippen LogP contribution in [0.3, 0.4) is 0 Å². The van der Waals surface area contributed by atoms with Crippen LogP contribution >= 0.6 is 0 Å². The molecule has 2 heteroatoms. The second-order valence-electron chi connectivity index (χ2n) is 4.84. The van der Waals surface area contributed by atoms with E-state index in [0.29, 0.717) is 0 Å². The Morgan fingerprint density at radius 3 is 2.72 bits per heavy atom. The van der Waals surface area contributed by atoms with Crippen LogP contribution in [0.5, 0.6) is 0 Å². The quantitative estimate of drug-likeness (QED) is 0.628. The molecule has 2 aromatic carbocycles. The van der Waals surface area contributed by atoms with E-state index in [0.717, 1.165) is 17.9 Å². The normalized spacial score (nSPS) is 14.0. The zero-order chi connectivity index (χ0) is 11.9. The first kappa shape index (κ1) is 9.89. The summed E-state index contributed by atoms with van der Waals surface area (Å²) in [4.78, 5) is 4.82. The summed E-state index contributed by atoms with van der Waals surface area (Å²) in [7, 11) is 0. The zero-order valence-electron chi connectivity index (χ0n) is 10.1.